The van der Waals surface area contributed by atoms with Crippen molar-refractivity contribution in [2.75, 3.05) is 0 Å². The van der Waals surface area contributed by atoms with Crippen molar-refractivity contribution >= 4 is 13.2 Å². The summed E-state index contributed by atoms with van der Waals surface area (Å²) in [7, 11) is 0. The van der Waals surface area contributed by atoms with Gasteiger partial charge in [0.15, 0.2) is 0 Å². The van der Waals surface area contributed by atoms with Gasteiger partial charge >= 0.3 is 0 Å². The average Bonchev–Trinajstić information content (AvgIpc) is 2.50. The number of hydrogen-bond acceptors (Lipinski definition) is 2. The van der Waals surface area contributed by atoms with E-state index in [0.29, 0.717) is 10.4 Å². The Hall–Kier alpha value is -2.22. The topological polar surface area (TPSA) is 40.5 Å². The maximum Gasteiger partial charge on any atom is 0.127 e. The quantitative estimate of drug-likeness (QED) is 0.784. The van der Waals surface area contributed by atoms with Crippen LogP contribution >= 0.6 is 0 Å². The lowest BCUT2D eigenvalue weighted by atomic mass is 9.93. The minimum atomic E-state index is 0.196. The molecule has 0 bridgehead atoms. The Labute approximate surface area is 131 Å². The molecule has 0 aliphatic rings. The average molecular weight is 296 g/mol. The van der Waals surface area contributed by atoms with Crippen LogP contribution in [0.25, 0.3) is 13.2 Å². The molecule has 0 radical (unpaired) electrons. The maximum atomic E-state index is 10.7. The number of rotatable bonds is 0. The Morgan fingerprint density at radius 2 is 0.773 bits per heavy atom. The second kappa shape index (κ2) is 5.20. The fraction of sp³-hybridized carbons (Fsp3) is 0.300. The molecule has 0 aliphatic heterocycles. The van der Waals surface area contributed by atoms with Crippen molar-refractivity contribution in [3.8, 4) is 11.5 Å². The molecule has 0 unspecified atom stereocenters. The monoisotopic (exact) mass is 296 g/mol. The summed E-state index contributed by atoms with van der Waals surface area (Å²) in [6.45, 7) is 19.7. The summed E-state index contributed by atoms with van der Waals surface area (Å²) in [6, 6.07) is 0. The molecule has 2 rings (SSSR count). The van der Waals surface area contributed by atoms with Crippen LogP contribution in [0.1, 0.15) is 33.4 Å². The molecule has 0 amide bonds. The van der Waals surface area contributed by atoms with Crippen molar-refractivity contribution in [3.05, 3.63) is 54.3 Å². The molecule has 0 aliphatic carbocycles. The molecule has 0 spiro atoms. The van der Waals surface area contributed by atoms with Crippen LogP contribution in [-0.4, -0.2) is 10.2 Å². The van der Waals surface area contributed by atoms with Crippen LogP contribution in [0.15, 0.2) is 0 Å². The summed E-state index contributed by atoms with van der Waals surface area (Å²) < 4.78 is 0. The lowest BCUT2D eigenvalue weighted by Gasteiger charge is -2.13. The molecule has 0 saturated heterocycles. The van der Waals surface area contributed by atoms with Crippen LogP contribution in [0.4, 0.5) is 0 Å². The van der Waals surface area contributed by atoms with Gasteiger partial charge in [-0.2, -0.15) is 0 Å². The highest BCUT2D eigenvalue weighted by Crippen LogP contribution is 2.27. The van der Waals surface area contributed by atoms with Crippen molar-refractivity contribution in [3.63, 3.8) is 0 Å². The first-order chi connectivity index (χ1) is 10.1. The molecule has 2 N–H and O–H groups in total. The zero-order valence-electron chi connectivity index (χ0n) is 14.3. The predicted molar refractivity (Wildman–Crippen MR) is 92.6 cm³/mol. The molecular formula is C20H24O2. The summed E-state index contributed by atoms with van der Waals surface area (Å²) in [4.78, 5) is 0. The molecule has 116 valence electrons. The van der Waals surface area contributed by atoms with Gasteiger partial charge in [0.2, 0.25) is 0 Å². The minimum absolute atomic E-state index is 0.196. The van der Waals surface area contributed by atoms with Gasteiger partial charge in [0.05, 0.1) is 0 Å². The largest absolute Gasteiger partial charge is 0.507 e. The zero-order valence-corrected chi connectivity index (χ0v) is 14.3. The van der Waals surface area contributed by atoms with E-state index in [9.17, 15) is 10.2 Å². The molecule has 2 heteroatoms. The highest BCUT2D eigenvalue weighted by Gasteiger charge is 2.13. The Balaban J connectivity index is 3.44. The van der Waals surface area contributed by atoms with Gasteiger partial charge in [-0.25, -0.2) is 0 Å². The first-order valence-electron chi connectivity index (χ1n) is 7.40. The summed E-state index contributed by atoms with van der Waals surface area (Å²) in [6.07, 6.45) is 0. The van der Waals surface area contributed by atoms with Gasteiger partial charge < -0.3 is 10.2 Å². The molecule has 0 heterocycles. The first kappa shape index (κ1) is 16.2. The van der Waals surface area contributed by atoms with E-state index < -0.39 is 0 Å². The van der Waals surface area contributed by atoms with Gasteiger partial charge in [0.25, 0.3) is 0 Å². The van der Waals surface area contributed by atoms with Crippen LogP contribution in [0.5, 0.6) is 11.5 Å². The van der Waals surface area contributed by atoms with Crippen LogP contribution in [0, 0.1) is 52.0 Å². The fourth-order valence-corrected chi connectivity index (χ4v) is 3.02. The molecule has 22 heavy (non-hydrogen) atoms. The summed E-state index contributed by atoms with van der Waals surface area (Å²) >= 11 is 0. The fourth-order valence-electron chi connectivity index (χ4n) is 3.02. The molecular weight excluding hydrogens is 272 g/mol. The lowest BCUT2D eigenvalue weighted by molar-refractivity contribution is 0.456. The Bertz CT molecular complexity index is 831. The molecule has 0 fully saturated rings. The minimum Gasteiger partial charge on any atom is -0.507 e. The van der Waals surface area contributed by atoms with Gasteiger partial charge in [-0.15, -0.1) is 0 Å². The van der Waals surface area contributed by atoms with Crippen molar-refractivity contribution in [2.24, 2.45) is 0 Å². The van der Waals surface area contributed by atoms with E-state index in [1.54, 1.807) is 0 Å². The Kier molecular flexibility index (Phi) is 3.82. The third-order valence-electron chi connectivity index (χ3n) is 5.12. The Morgan fingerprint density at radius 1 is 0.500 bits per heavy atom. The second-order valence-electron chi connectivity index (χ2n) is 6.15. The number of benzene rings is 2. The number of phenolic OH excluding ortho intramolecular Hbond substituents is 2. The van der Waals surface area contributed by atoms with Crippen molar-refractivity contribution < 1.29 is 10.2 Å². The molecule has 2 aromatic rings. The summed E-state index contributed by atoms with van der Waals surface area (Å²) in [5.74, 6) is 0.393. The highest BCUT2D eigenvalue weighted by atomic mass is 16.3. The van der Waals surface area contributed by atoms with E-state index >= 15 is 0 Å². The zero-order chi connectivity index (χ0) is 16.9. The van der Waals surface area contributed by atoms with Gasteiger partial charge in [0, 0.05) is 10.4 Å². The van der Waals surface area contributed by atoms with Crippen LogP contribution in [0.2, 0.25) is 0 Å². The Morgan fingerprint density at radius 3 is 1.05 bits per heavy atom. The van der Waals surface area contributed by atoms with Crippen LogP contribution in [-0.2, 0) is 0 Å². The van der Waals surface area contributed by atoms with Crippen molar-refractivity contribution in [2.45, 2.75) is 41.5 Å². The smallest absolute Gasteiger partial charge is 0.127 e. The van der Waals surface area contributed by atoms with E-state index in [2.05, 4.69) is 13.2 Å². The van der Waals surface area contributed by atoms with Crippen molar-refractivity contribution in [1.29, 1.82) is 0 Å². The van der Waals surface area contributed by atoms with E-state index in [1.807, 2.05) is 41.5 Å². The van der Waals surface area contributed by atoms with Crippen molar-refractivity contribution in [1.82, 2.24) is 0 Å². The number of phenols is 2. The molecule has 0 atom stereocenters. The lowest BCUT2D eigenvalue weighted by Crippen LogP contribution is -2.13. The standard InChI is InChI=1S/C20H24O2/c1-9-11(3)15(7)19(21)17(13(9)5)18-14(6)10(2)12(4)16(8)20(18)22/h21-22H,3-4H2,1-2,5-8H3/b18-17+. The van der Waals surface area contributed by atoms with Crippen LogP contribution in [0.3, 0.4) is 0 Å². The summed E-state index contributed by atoms with van der Waals surface area (Å²) in [5.41, 5.74) is 5.48. The second-order valence-corrected chi connectivity index (χ2v) is 6.15. The normalized spacial score (nSPS) is 12.6. The number of aromatic hydroxyl groups is 2. The van der Waals surface area contributed by atoms with Gasteiger partial charge in [-0.05, 0) is 85.4 Å². The van der Waals surface area contributed by atoms with Gasteiger partial charge in [-0.1, -0.05) is 13.2 Å². The van der Waals surface area contributed by atoms with E-state index in [4.69, 9.17) is 0 Å². The predicted octanol–water partition coefficient (Wildman–Crippen LogP) is 3.06. The number of hydrogen-bond donors (Lipinski definition) is 2. The molecule has 0 aromatic heterocycles. The van der Waals surface area contributed by atoms with E-state index in [0.717, 1.165) is 43.8 Å². The first-order valence-corrected chi connectivity index (χ1v) is 7.40. The molecule has 2 nitrogen and oxygen atoms in total. The highest BCUT2D eigenvalue weighted by molar-refractivity contribution is 5.52. The molecule has 0 saturated carbocycles. The van der Waals surface area contributed by atoms with E-state index in [-0.39, 0.29) is 11.5 Å². The third-order valence-corrected chi connectivity index (χ3v) is 5.12. The van der Waals surface area contributed by atoms with Gasteiger partial charge in [0.1, 0.15) is 11.5 Å². The SMILES string of the molecule is C=c1c(C)c(C)/c(=c2/c(C)c(C)c(=C)c(C)c2O)c(O)c1C. The van der Waals surface area contributed by atoms with Crippen LogP contribution < -0.4 is 10.4 Å². The summed E-state index contributed by atoms with van der Waals surface area (Å²) in [5, 5.41) is 24.4. The third kappa shape index (κ3) is 2.02. The molecule has 2 aromatic carbocycles. The van der Waals surface area contributed by atoms with Gasteiger partial charge in [-0.3, -0.25) is 0 Å². The van der Waals surface area contributed by atoms with E-state index in [1.165, 1.54) is 0 Å². The maximum absolute atomic E-state index is 10.7.